The van der Waals surface area contributed by atoms with Crippen LogP contribution in [0.5, 0.6) is 0 Å². The Hall–Kier alpha value is -0.160. The van der Waals surface area contributed by atoms with Gasteiger partial charge in [-0.05, 0) is 19.3 Å². The molecular formula is C14H31NO3. The average Bonchev–Trinajstić information content (AvgIpc) is 2.40. The average molecular weight is 261 g/mol. The van der Waals surface area contributed by atoms with Gasteiger partial charge in [-0.25, -0.2) is 0 Å². The highest BCUT2D eigenvalue weighted by Gasteiger charge is 2.24. The van der Waals surface area contributed by atoms with Crippen molar-refractivity contribution < 1.29 is 14.9 Å². The van der Waals surface area contributed by atoms with Crippen molar-refractivity contribution in [2.24, 2.45) is 5.41 Å². The Morgan fingerprint density at radius 1 is 1.22 bits per heavy atom. The predicted octanol–water partition coefficient (Wildman–Crippen LogP) is 1.55. The van der Waals surface area contributed by atoms with Gasteiger partial charge in [-0.2, -0.15) is 0 Å². The van der Waals surface area contributed by atoms with Gasteiger partial charge in [-0.1, -0.05) is 27.2 Å². The van der Waals surface area contributed by atoms with Crippen molar-refractivity contribution in [2.45, 2.75) is 52.6 Å². The van der Waals surface area contributed by atoms with Crippen molar-refractivity contribution in [1.82, 2.24) is 5.32 Å². The lowest BCUT2D eigenvalue weighted by atomic mass is 9.83. The fourth-order valence-electron chi connectivity index (χ4n) is 1.81. The van der Waals surface area contributed by atoms with Crippen LogP contribution in [0, 0.1) is 5.41 Å². The Balaban J connectivity index is 3.68. The molecule has 0 aliphatic carbocycles. The monoisotopic (exact) mass is 261 g/mol. The van der Waals surface area contributed by atoms with E-state index in [0.29, 0.717) is 13.2 Å². The molecule has 0 aromatic carbocycles. The first-order valence-corrected chi connectivity index (χ1v) is 7.21. The predicted molar refractivity (Wildman–Crippen MR) is 74.7 cm³/mol. The highest BCUT2D eigenvalue weighted by atomic mass is 16.5. The van der Waals surface area contributed by atoms with Crippen LogP contribution < -0.4 is 5.32 Å². The molecule has 0 aromatic rings. The van der Waals surface area contributed by atoms with Crippen LogP contribution in [0.1, 0.15) is 46.5 Å². The molecule has 0 saturated carbocycles. The molecule has 0 aliphatic rings. The van der Waals surface area contributed by atoms with Crippen molar-refractivity contribution in [3.05, 3.63) is 0 Å². The van der Waals surface area contributed by atoms with E-state index in [1.54, 1.807) is 0 Å². The maximum atomic E-state index is 9.71. The first-order chi connectivity index (χ1) is 8.64. The third-order valence-electron chi connectivity index (χ3n) is 3.67. The lowest BCUT2D eigenvalue weighted by Gasteiger charge is -2.30. The zero-order chi connectivity index (χ0) is 13.9. The molecule has 4 nitrogen and oxygen atoms in total. The Kier molecular flexibility index (Phi) is 10.6. The summed E-state index contributed by atoms with van der Waals surface area (Å²) in [5, 5.41) is 22.4. The van der Waals surface area contributed by atoms with E-state index in [9.17, 15) is 10.2 Å². The van der Waals surface area contributed by atoms with Crippen LogP contribution in [0.3, 0.4) is 0 Å². The molecule has 0 amide bonds. The zero-order valence-corrected chi connectivity index (χ0v) is 12.2. The van der Waals surface area contributed by atoms with Gasteiger partial charge < -0.3 is 20.3 Å². The van der Waals surface area contributed by atoms with Crippen molar-refractivity contribution in [3.63, 3.8) is 0 Å². The molecule has 1 atom stereocenters. The molecule has 1 unspecified atom stereocenters. The summed E-state index contributed by atoms with van der Waals surface area (Å²) in [6.45, 7) is 8.85. The Morgan fingerprint density at radius 3 is 2.39 bits per heavy atom. The summed E-state index contributed by atoms with van der Waals surface area (Å²) in [6, 6.07) is 0. The molecular weight excluding hydrogens is 230 g/mol. The van der Waals surface area contributed by atoms with Gasteiger partial charge in [0, 0.05) is 31.7 Å². The maximum Gasteiger partial charge on any atom is 0.0897 e. The third-order valence-corrected chi connectivity index (χ3v) is 3.67. The lowest BCUT2D eigenvalue weighted by molar-refractivity contribution is 0.0323. The molecule has 0 spiro atoms. The molecule has 18 heavy (non-hydrogen) atoms. The summed E-state index contributed by atoms with van der Waals surface area (Å²) in [6.07, 6.45) is 3.57. The molecule has 4 heteroatoms. The quantitative estimate of drug-likeness (QED) is 0.467. The highest BCUT2D eigenvalue weighted by Crippen LogP contribution is 2.24. The summed E-state index contributed by atoms with van der Waals surface area (Å²) >= 11 is 0. The summed E-state index contributed by atoms with van der Waals surface area (Å²) < 4.78 is 5.36. The third kappa shape index (κ3) is 7.31. The fraction of sp³-hybridized carbons (Fsp3) is 1.00. The van der Waals surface area contributed by atoms with Gasteiger partial charge in [0.05, 0.1) is 12.7 Å². The SMILES string of the molecule is CCCCOCC(O)CNCC(CC)(CC)CO. The molecule has 0 rings (SSSR count). The molecule has 0 radical (unpaired) electrons. The molecule has 0 saturated heterocycles. The van der Waals surface area contributed by atoms with Gasteiger partial charge in [-0.15, -0.1) is 0 Å². The molecule has 0 aromatic heterocycles. The zero-order valence-electron chi connectivity index (χ0n) is 12.2. The van der Waals surface area contributed by atoms with Gasteiger partial charge in [-0.3, -0.25) is 0 Å². The van der Waals surface area contributed by atoms with Gasteiger partial charge in [0.1, 0.15) is 0 Å². The number of nitrogens with one attached hydrogen (secondary N) is 1. The van der Waals surface area contributed by atoms with Crippen molar-refractivity contribution in [1.29, 1.82) is 0 Å². The number of rotatable bonds is 12. The fourth-order valence-corrected chi connectivity index (χ4v) is 1.81. The van der Waals surface area contributed by atoms with Gasteiger partial charge in [0.15, 0.2) is 0 Å². The highest BCUT2D eigenvalue weighted by molar-refractivity contribution is 4.78. The Bertz CT molecular complexity index is 176. The van der Waals surface area contributed by atoms with Gasteiger partial charge >= 0.3 is 0 Å². The van der Waals surface area contributed by atoms with Crippen LogP contribution in [-0.4, -0.2) is 49.2 Å². The minimum Gasteiger partial charge on any atom is -0.396 e. The molecule has 110 valence electrons. The van der Waals surface area contributed by atoms with Gasteiger partial charge in [0.25, 0.3) is 0 Å². The second kappa shape index (κ2) is 10.7. The molecule has 3 N–H and O–H groups in total. The van der Waals surface area contributed by atoms with Crippen LogP contribution in [0.2, 0.25) is 0 Å². The lowest BCUT2D eigenvalue weighted by Crippen LogP contribution is -2.40. The number of ether oxygens (including phenoxy) is 1. The number of hydrogen-bond donors (Lipinski definition) is 3. The number of aliphatic hydroxyl groups excluding tert-OH is 2. The smallest absolute Gasteiger partial charge is 0.0897 e. The van der Waals surface area contributed by atoms with Crippen molar-refractivity contribution >= 4 is 0 Å². The second-order valence-corrected chi connectivity index (χ2v) is 5.08. The van der Waals surface area contributed by atoms with Crippen molar-refractivity contribution in [2.75, 3.05) is 32.9 Å². The molecule has 0 fully saturated rings. The normalized spacial score (nSPS) is 13.8. The Labute approximate surface area is 112 Å². The summed E-state index contributed by atoms with van der Waals surface area (Å²) in [5.74, 6) is 0. The minimum atomic E-state index is -0.466. The second-order valence-electron chi connectivity index (χ2n) is 5.08. The van der Waals surface area contributed by atoms with E-state index in [-0.39, 0.29) is 12.0 Å². The minimum absolute atomic E-state index is 0.0528. The Morgan fingerprint density at radius 2 is 1.89 bits per heavy atom. The van der Waals surface area contributed by atoms with Crippen molar-refractivity contribution in [3.8, 4) is 0 Å². The van der Waals surface area contributed by atoms with Gasteiger partial charge in [0.2, 0.25) is 0 Å². The first kappa shape index (κ1) is 17.8. The molecule has 0 bridgehead atoms. The first-order valence-electron chi connectivity index (χ1n) is 7.21. The number of unbranched alkanes of at least 4 members (excludes halogenated alkanes) is 1. The standard InChI is InChI=1S/C14H31NO3/c1-4-7-8-18-10-13(17)9-15-11-14(5-2,6-3)12-16/h13,15-17H,4-12H2,1-3H3. The molecule has 0 aliphatic heterocycles. The van der Waals surface area contributed by atoms with E-state index in [2.05, 4.69) is 26.1 Å². The number of hydrogen-bond acceptors (Lipinski definition) is 4. The summed E-state index contributed by atoms with van der Waals surface area (Å²) in [7, 11) is 0. The van der Waals surface area contributed by atoms with E-state index in [1.165, 1.54) is 0 Å². The summed E-state index contributed by atoms with van der Waals surface area (Å²) in [4.78, 5) is 0. The molecule has 0 heterocycles. The van der Waals surface area contributed by atoms with Crippen LogP contribution in [0.4, 0.5) is 0 Å². The largest absolute Gasteiger partial charge is 0.396 e. The van der Waals surface area contributed by atoms with Crippen LogP contribution in [0.15, 0.2) is 0 Å². The summed E-state index contributed by atoms with van der Waals surface area (Å²) in [5.41, 5.74) is -0.0528. The van der Waals surface area contributed by atoms with E-state index in [1.807, 2.05) is 0 Å². The van der Waals surface area contributed by atoms with E-state index >= 15 is 0 Å². The maximum absolute atomic E-state index is 9.71. The number of aliphatic hydroxyl groups is 2. The van der Waals surface area contributed by atoms with E-state index < -0.39 is 6.10 Å². The van der Waals surface area contributed by atoms with Crippen LogP contribution >= 0.6 is 0 Å². The van der Waals surface area contributed by atoms with E-state index in [0.717, 1.165) is 38.8 Å². The van der Waals surface area contributed by atoms with Crippen LogP contribution in [-0.2, 0) is 4.74 Å². The van der Waals surface area contributed by atoms with E-state index in [4.69, 9.17) is 4.74 Å². The van der Waals surface area contributed by atoms with Crippen LogP contribution in [0.25, 0.3) is 0 Å². The topological polar surface area (TPSA) is 61.7 Å².